The summed E-state index contributed by atoms with van der Waals surface area (Å²) in [4.78, 5) is 13.6. The third kappa shape index (κ3) is 4.59. The number of halogens is 3. The quantitative estimate of drug-likeness (QED) is 0.361. The zero-order valence-corrected chi connectivity index (χ0v) is 20.0. The molecule has 1 aliphatic heterocycles. The van der Waals surface area contributed by atoms with Crippen molar-refractivity contribution in [2.45, 2.75) is 25.3 Å². The number of benzene rings is 3. The van der Waals surface area contributed by atoms with Crippen LogP contribution in [0.25, 0.3) is 6.08 Å². The fraction of sp³-hybridized carbons (Fsp3) is 0.185. The fourth-order valence-electron chi connectivity index (χ4n) is 4.65. The van der Waals surface area contributed by atoms with E-state index in [0.29, 0.717) is 20.6 Å². The zero-order chi connectivity index (χ0) is 22.9. The highest BCUT2D eigenvalue weighted by atomic mass is 35.5. The number of carbonyl (C=O) groups is 1. The third-order valence-electron chi connectivity index (χ3n) is 6.22. The second-order valence-corrected chi connectivity index (χ2v) is 9.67. The van der Waals surface area contributed by atoms with Crippen LogP contribution in [-0.2, 0) is 0 Å². The summed E-state index contributed by atoms with van der Waals surface area (Å²) >= 11 is 18.2. The van der Waals surface area contributed by atoms with Crippen molar-refractivity contribution in [2.24, 2.45) is 11.0 Å². The van der Waals surface area contributed by atoms with E-state index >= 15 is 0 Å². The van der Waals surface area contributed by atoms with E-state index in [1.54, 1.807) is 29.3 Å². The highest BCUT2D eigenvalue weighted by molar-refractivity contribution is 6.31. The minimum Gasteiger partial charge on any atom is -0.267 e. The highest BCUT2D eigenvalue weighted by Gasteiger charge is 2.43. The molecule has 0 aromatic heterocycles. The number of hydrazone groups is 1. The summed E-state index contributed by atoms with van der Waals surface area (Å²) in [6.45, 7) is 0. The Labute approximate surface area is 208 Å². The third-order valence-corrected chi connectivity index (χ3v) is 6.98. The van der Waals surface area contributed by atoms with E-state index in [-0.39, 0.29) is 17.9 Å². The number of amides is 1. The summed E-state index contributed by atoms with van der Waals surface area (Å²) in [6, 6.07) is 22.3. The van der Waals surface area contributed by atoms with Crippen molar-refractivity contribution >= 4 is 52.5 Å². The molecule has 1 fully saturated rings. The van der Waals surface area contributed by atoms with E-state index in [4.69, 9.17) is 39.9 Å². The maximum atomic E-state index is 13.6. The van der Waals surface area contributed by atoms with Crippen LogP contribution in [0.15, 0.2) is 83.5 Å². The van der Waals surface area contributed by atoms with Gasteiger partial charge in [-0.05, 0) is 90.6 Å². The lowest BCUT2D eigenvalue weighted by atomic mass is 9.77. The van der Waals surface area contributed by atoms with Gasteiger partial charge in [0, 0.05) is 26.5 Å². The summed E-state index contributed by atoms with van der Waals surface area (Å²) in [5, 5.41) is 8.54. The van der Waals surface area contributed by atoms with Crippen molar-refractivity contribution < 1.29 is 4.79 Å². The van der Waals surface area contributed by atoms with Crippen LogP contribution < -0.4 is 0 Å². The lowest BCUT2D eigenvalue weighted by Crippen LogP contribution is -2.31. The lowest BCUT2D eigenvalue weighted by Gasteiger charge is -2.29. The van der Waals surface area contributed by atoms with Crippen LogP contribution in [0.2, 0.25) is 15.1 Å². The Bertz CT molecular complexity index is 1230. The van der Waals surface area contributed by atoms with E-state index in [1.807, 2.05) is 48.5 Å². The zero-order valence-electron chi connectivity index (χ0n) is 17.7. The maximum Gasteiger partial charge on any atom is 0.274 e. The SMILES string of the molecule is O=C(c1ccc(Cl)cc1)N1N=C2/C(=C/c3ccc(Cl)cc3)CCCC2C1c1ccc(Cl)cc1. The molecule has 1 heterocycles. The Balaban J connectivity index is 1.57. The molecule has 1 aliphatic carbocycles. The number of nitrogens with zero attached hydrogens (tertiary/aromatic N) is 2. The van der Waals surface area contributed by atoms with Gasteiger partial charge in [0.05, 0.1) is 11.8 Å². The number of hydrogen-bond donors (Lipinski definition) is 0. The molecular formula is C27H21Cl3N2O. The van der Waals surface area contributed by atoms with Gasteiger partial charge in [-0.25, -0.2) is 5.01 Å². The molecule has 3 aromatic rings. The molecule has 2 atom stereocenters. The Morgan fingerprint density at radius 1 is 0.848 bits per heavy atom. The molecule has 0 N–H and O–H groups in total. The standard InChI is InChI=1S/C27H21Cl3N2O/c28-21-10-4-17(5-11-21)16-20-2-1-3-24-25(20)31-32(26(24)18-6-12-22(29)13-7-18)27(33)19-8-14-23(30)15-9-19/h4-16,24,26H,1-3H2/b20-16+. The molecule has 2 aliphatic rings. The predicted molar refractivity (Wildman–Crippen MR) is 136 cm³/mol. The van der Waals surface area contributed by atoms with E-state index < -0.39 is 0 Å². The Morgan fingerprint density at radius 3 is 2.06 bits per heavy atom. The van der Waals surface area contributed by atoms with Crippen LogP contribution in [0.5, 0.6) is 0 Å². The molecule has 0 bridgehead atoms. The Kier molecular flexibility index (Phi) is 6.29. The maximum absolute atomic E-state index is 13.6. The van der Waals surface area contributed by atoms with Gasteiger partial charge in [-0.3, -0.25) is 4.79 Å². The molecule has 1 saturated carbocycles. The van der Waals surface area contributed by atoms with Gasteiger partial charge in [-0.1, -0.05) is 59.1 Å². The minimum absolute atomic E-state index is 0.120. The number of rotatable bonds is 3. The number of allylic oxidation sites excluding steroid dienone is 1. The van der Waals surface area contributed by atoms with Gasteiger partial charge >= 0.3 is 0 Å². The second kappa shape index (κ2) is 9.34. The van der Waals surface area contributed by atoms with Crippen molar-refractivity contribution in [1.82, 2.24) is 5.01 Å². The molecular weight excluding hydrogens is 475 g/mol. The first-order chi connectivity index (χ1) is 16.0. The Morgan fingerprint density at radius 2 is 1.42 bits per heavy atom. The summed E-state index contributed by atoms with van der Waals surface area (Å²) in [6.07, 6.45) is 5.09. The van der Waals surface area contributed by atoms with Gasteiger partial charge in [-0.15, -0.1) is 0 Å². The summed E-state index contributed by atoms with van der Waals surface area (Å²) in [5.74, 6) is -0.0194. The van der Waals surface area contributed by atoms with Crippen LogP contribution in [0.3, 0.4) is 0 Å². The minimum atomic E-state index is -0.186. The topological polar surface area (TPSA) is 32.7 Å². The molecule has 0 saturated heterocycles. The van der Waals surface area contributed by atoms with Crippen molar-refractivity contribution in [2.75, 3.05) is 0 Å². The normalized spacial score (nSPS) is 21.1. The molecule has 3 aromatic carbocycles. The van der Waals surface area contributed by atoms with Crippen LogP contribution in [0.4, 0.5) is 0 Å². The van der Waals surface area contributed by atoms with Gasteiger partial charge in [0.25, 0.3) is 5.91 Å². The molecule has 6 heteroatoms. The van der Waals surface area contributed by atoms with Gasteiger partial charge < -0.3 is 0 Å². The van der Waals surface area contributed by atoms with Crippen LogP contribution in [0, 0.1) is 5.92 Å². The summed E-state index contributed by atoms with van der Waals surface area (Å²) in [7, 11) is 0. The van der Waals surface area contributed by atoms with Crippen molar-refractivity contribution in [3.05, 3.63) is 110 Å². The molecule has 0 radical (unpaired) electrons. The van der Waals surface area contributed by atoms with Crippen molar-refractivity contribution in [3.63, 3.8) is 0 Å². The predicted octanol–water partition coefficient (Wildman–Crippen LogP) is 8.08. The molecule has 0 spiro atoms. The Hall–Kier alpha value is -2.59. The van der Waals surface area contributed by atoms with Crippen molar-refractivity contribution in [1.29, 1.82) is 0 Å². The number of carbonyl (C=O) groups excluding carboxylic acids is 1. The summed E-state index contributed by atoms with van der Waals surface area (Å²) in [5.41, 5.74) is 4.81. The molecule has 5 rings (SSSR count). The number of hydrogen-bond acceptors (Lipinski definition) is 2. The first-order valence-corrected chi connectivity index (χ1v) is 12.0. The molecule has 1 amide bonds. The molecule has 166 valence electrons. The molecule has 3 nitrogen and oxygen atoms in total. The van der Waals surface area contributed by atoms with Gasteiger partial charge in [0.2, 0.25) is 0 Å². The van der Waals surface area contributed by atoms with E-state index in [2.05, 4.69) is 6.08 Å². The average Bonchev–Trinajstić information content (AvgIpc) is 3.22. The van der Waals surface area contributed by atoms with Crippen molar-refractivity contribution in [3.8, 4) is 0 Å². The van der Waals surface area contributed by atoms with E-state index in [0.717, 1.165) is 36.1 Å². The highest BCUT2D eigenvalue weighted by Crippen LogP contribution is 2.45. The second-order valence-electron chi connectivity index (χ2n) is 8.36. The monoisotopic (exact) mass is 494 g/mol. The van der Waals surface area contributed by atoms with Crippen LogP contribution >= 0.6 is 34.8 Å². The van der Waals surface area contributed by atoms with E-state index in [9.17, 15) is 4.79 Å². The lowest BCUT2D eigenvalue weighted by molar-refractivity contribution is 0.0681. The summed E-state index contributed by atoms with van der Waals surface area (Å²) < 4.78 is 0. The van der Waals surface area contributed by atoms with E-state index in [1.165, 1.54) is 5.57 Å². The number of fused-ring (bicyclic) bond motifs is 1. The first-order valence-electron chi connectivity index (χ1n) is 10.9. The van der Waals surface area contributed by atoms with Gasteiger partial charge in [0.15, 0.2) is 0 Å². The largest absolute Gasteiger partial charge is 0.274 e. The van der Waals surface area contributed by atoms with Gasteiger partial charge in [-0.2, -0.15) is 5.10 Å². The fourth-order valence-corrected chi connectivity index (χ4v) is 5.02. The molecule has 33 heavy (non-hydrogen) atoms. The van der Waals surface area contributed by atoms with Gasteiger partial charge in [0.1, 0.15) is 0 Å². The molecule has 2 unspecified atom stereocenters. The smallest absolute Gasteiger partial charge is 0.267 e. The first kappa shape index (κ1) is 22.2. The van der Waals surface area contributed by atoms with Crippen LogP contribution in [-0.4, -0.2) is 16.6 Å². The average molecular weight is 496 g/mol. The van der Waals surface area contributed by atoms with Crippen LogP contribution in [0.1, 0.15) is 46.8 Å².